The van der Waals surface area contributed by atoms with E-state index in [4.69, 9.17) is 9.52 Å². The fourth-order valence-corrected chi connectivity index (χ4v) is 2.74. The first-order valence-electron chi connectivity index (χ1n) is 8.31. The van der Waals surface area contributed by atoms with Crippen LogP contribution in [0.5, 0.6) is 0 Å². The first-order chi connectivity index (χ1) is 13.0. The number of fused-ring (bicyclic) bond motifs is 1. The van der Waals surface area contributed by atoms with Crippen LogP contribution in [-0.2, 0) is 0 Å². The lowest BCUT2D eigenvalue weighted by molar-refractivity contribution is 0.0684. The van der Waals surface area contributed by atoms with Crippen LogP contribution in [0.4, 0.5) is 5.95 Å². The van der Waals surface area contributed by atoms with Crippen LogP contribution < -0.4 is 5.36 Å². The maximum absolute atomic E-state index is 11.0. The van der Waals surface area contributed by atoms with Gasteiger partial charge in [0.2, 0.25) is 5.82 Å². The van der Waals surface area contributed by atoms with E-state index in [1.54, 1.807) is 0 Å². The number of carboxylic acid groups (broad SMARTS) is 1. The van der Waals surface area contributed by atoms with E-state index in [0.717, 1.165) is 22.1 Å². The van der Waals surface area contributed by atoms with Crippen LogP contribution >= 0.6 is 0 Å². The summed E-state index contributed by atoms with van der Waals surface area (Å²) in [6, 6.07) is 15.6. The van der Waals surface area contributed by atoms with Crippen LogP contribution in [0.3, 0.4) is 0 Å². The molecule has 0 bridgehead atoms. The van der Waals surface area contributed by atoms with Crippen molar-refractivity contribution in [2.45, 2.75) is 13.8 Å². The molecule has 0 aliphatic rings. The molecule has 0 radical (unpaired) electrons. The molecule has 2 heterocycles. The Labute approximate surface area is 154 Å². The lowest BCUT2D eigenvalue weighted by Gasteiger charge is -2.06. The van der Waals surface area contributed by atoms with E-state index in [9.17, 15) is 4.79 Å². The van der Waals surface area contributed by atoms with Crippen molar-refractivity contribution in [3.63, 3.8) is 0 Å². The van der Waals surface area contributed by atoms with Gasteiger partial charge in [0, 0.05) is 17.0 Å². The number of nitrogens with zero attached hydrogens (tertiary/aromatic N) is 3. The van der Waals surface area contributed by atoms with E-state index in [2.05, 4.69) is 20.2 Å². The molecule has 0 unspecified atom stereocenters. The van der Waals surface area contributed by atoms with Crippen molar-refractivity contribution in [3.8, 4) is 11.3 Å². The van der Waals surface area contributed by atoms with Crippen LogP contribution in [0, 0.1) is 13.8 Å². The summed E-state index contributed by atoms with van der Waals surface area (Å²) in [5, 5.41) is 16.6. The average Bonchev–Trinajstić information content (AvgIpc) is 3.11. The summed E-state index contributed by atoms with van der Waals surface area (Å²) in [5.74, 6) is -0.739. The van der Waals surface area contributed by atoms with Gasteiger partial charge >= 0.3 is 5.97 Å². The van der Waals surface area contributed by atoms with Gasteiger partial charge in [0.25, 0.3) is 5.95 Å². The van der Waals surface area contributed by atoms with Gasteiger partial charge in [-0.1, -0.05) is 41.5 Å². The molecular formula is C20H16N4O3. The molecule has 4 aromatic rings. The summed E-state index contributed by atoms with van der Waals surface area (Å²) in [6.07, 6.45) is 0. The van der Waals surface area contributed by atoms with Gasteiger partial charge in [0.15, 0.2) is 0 Å². The molecule has 0 aliphatic carbocycles. The molecule has 0 spiro atoms. The van der Waals surface area contributed by atoms with E-state index in [1.165, 1.54) is 0 Å². The van der Waals surface area contributed by atoms with Crippen molar-refractivity contribution in [1.82, 2.24) is 15.2 Å². The lowest BCUT2D eigenvalue weighted by Crippen LogP contribution is -2.04. The van der Waals surface area contributed by atoms with Crippen molar-refractivity contribution in [2.75, 3.05) is 0 Å². The van der Waals surface area contributed by atoms with Gasteiger partial charge in [-0.15, -0.1) is 5.10 Å². The molecule has 27 heavy (non-hydrogen) atoms. The van der Waals surface area contributed by atoms with Gasteiger partial charge in [0.1, 0.15) is 11.3 Å². The highest BCUT2D eigenvalue weighted by atomic mass is 16.4. The molecule has 2 aromatic carbocycles. The molecule has 2 aromatic heterocycles. The minimum Gasteiger partial charge on any atom is -0.475 e. The third-order valence-electron chi connectivity index (χ3n) is 4.13. The first kappa shape index (κ1) is 16.7. The molecule has 0 saturated carbocycles. The predicted octanol–water partition coefficient (Wildman–Crippen LogP) is 3.77. The van der Waals surface area contributed by atoms with Gasteiger partial charge < -0.3 is 9.52 Å². The molecule has 0 fully saturated rings. The Morgan fingerprint density at radius 3 is 2.52 bits per heavy atom. The van der Waals surface area contributed by atoms with E-state index in [-0.39, 0.29) is 11.8 Å². The van der Waals surface area contributed by atoms with Crippen molar-refractivity contribution >= 4 is 22.9 Å². The van der Waals surface area contributed by atoms with Gasteiger partial charge in [-0.25, -0.2) is 9.79 Å². The number of benzene rings is 2. The molecule has 134 valence electrons. The minimum absolute atomic E-state index is 0.0521. The van der Waals surface area contributed by atoms with Crippen molar-refractivity contribution in [2.24, 2.45) is 4.99 Å². The van der Waals surface area contributed by atoms with E-state index < -0.39 is 5.97 Å². The monoisotopic (exact) mass is 360 g/mol. The molecule has 0 saturated heterocycles. The quantitative estimate of drug-likeness (QED) is 0.579. The topological polar surface area (TPSA) is 104 Å². The van der Waals surface area contributed by atoms with Crippen molar-refractivity contribution in [1.29, 1.82) is 0 Å². The highest BCUT2D eigenvalue weighted by Crippen LogP contribution is 2.23. The summed E-state index contributed by atoms with van der Waals surface area (Å²) in [5.41, 5.74) is 3.80. The SMILES string of the molecule is Cc1ccc(-c2cc(=Nc3n[nH]c(C(=O)O)n3)c3cc(C)ccc3o2)cc1. The molecule has 7 nitrogen and oxygen atoms in total. The average molecular weight is 360 g/mol. The summed E-state index contributed by atoms with van der Waals surface area (Å²) in [6.45, 7) is 4.00. The Morgan fingerprint density at radius 2 is 1.81 bits per heavy atom. The molecular weight excluding hydrogens is 344 g/mol. The second-order valence-electron chi connectivity index (χ2n) is 6.26. The zero-order chi connectivity index (χ0) is 19.0. The fourth-order valence-electron chi connectivity index (χ4n) is 2.74. The van der Waals surface area contributed by atoms with E-state index >= 15 is 0 Å². The van der Waals surface area contributed by atoms with Gasteiger partial charge in [-0.2, -0.15) is 4.98 Å². The number of carboxylic acids is 1. The number of rotatable bonds is 3. The zero-order valence-electron chi connectivity index (χ0n) is 14.7. The Bertz CT molecular complexity index is 1220. The first-order valence-corrected chi connectivity index (χ1v) is 8.31. The molecule has 0 amide bonds. The summed E-state index contributed by atoms with van der Waals surface area (Å²) >= 11 is 0. The number of nitrogens with one attached hydrogen (secondary N) is 1. The Kier molecular flexibility index (Phi) is 4.04. The third kappa shape index (κ3) is 3.35. The number of carbonyl (C=O) groups is 1. The van der Waals surface area contributed by atoms with Crippen LogP contribution in [0.1, 0.15) is 21.7 Å². The fraction of sp³-hybridized carbons (Fsp3) is 0.100. The number of aromatic nitrogens is 3. The second-order valence-corrected chi connectivity index (χ2v) is 6.26. The highest BCUT2D eigenvalue weighted by Gasteiger charge is 2.10. The number of hydrogen-bond donors (Lipinski definition) is 2. The minimum atomic E-state index is -1.19. The van der Waals surface area contributed by atoms with E-state index in [1.807, 2.05) is 62.4 Å². The molecule has 7 heteroatoms. The van der Waals surface area contributed by atoms with Crippen molar-refractivity contribution in [3.05, 3.63) is 70.8 Å². The number of aromatic carboxylic acids is 1. The van der Waals surface area contributed by atoms with E-state index in [0.29, 0.717) is 16.7 Å². The molecule has 0 atom stereocenters. The number of hydrogen-bond acceptors (Lipinski definition) is 5. The van der Waals surface area contributed by atoms with Crippen LogP contribution in [-0.4, -0.2) is 26.3 Å². The number of aryl methyl sites for hydroxylation is 2. The maximum Gasteiger partial charge on any atom is 0.373 e. The predicted molar refractivity (Wildman–Crippen MR) is 99.7 cm³/mol. The summed E-state index contributed by atoms with van der Waals surface area (Å²) in [4.78, 5) is 19.3. The summed E-state index contributed by atoms with van der Waals surface area (Å²) in [7, 11) is 0. The number of H-pyrrole nitrogens is 1. The molecule has 0 aliphatic heterocycles. The van der Waals surface area contributed by atoms with Gasteiger partial charge in [-0.05, 0) is 26.0 Å². The largest absolute Gasteiger partial charge is 0.475 e. The summed E-state index contributed by atoms with van der Waals surface area (Å²) < 4.78 is 6.06. The zero-order valence-corrected chi connectivity index (χ0v) is 14.7. The lowest BCUT2D eigenvalue weighted by atomic mass is 10.1. The third-order valence-corrected chi connectivity index (χ3v) is 4.13. The van der Waals surface area contributed by atoms with Gasteiger partial charge in [0.05, 0.1) is 5.36 Å². The van der Waals surface area contributed by atoms with Gasteiger partial charge in [-0.3, -0.25) is 5.10 Å². The normalized spacial score (nSPS) is 11.9. The van der Waals surface area contributed by atoms with Crippen molar-refractivity contribution < 1.29 is 14.3 Å². The number of aromatic amines is 1. The standard InChI is InChI=1S/C20H16N4O3/c1-11-3-6-13(7-4-11)17-10-15(14-9-12(2)5-8-16(14)27-17)21-20-22-18(19(25)26)23-24-20/h3-10H,1-2H3,(H,25,26)(H,22,23,24). The van der Waals surface area contributed by atoms with Crippen LogP contribution in [0.15, 0.2) is 57.9 Å². The Morgan fingerprint density at radius 1 is 1.07 bits per heavy atom. The van der Waals surface area contributed by atoms with Crippen LogP contribution in [0.25, 0.3) is 22.3 Å². The Balaban J connectivity index is 1.95. The smallest absolute Gasteiger partial charge is 0.373 e. The Hall–Kier alpha value is -3.74. The van der Waals surface area contributed by atoms with Crippen LogP contribution in [0.2, 0.25) is 0 Å². The molecule has 2 N–H and O–H groups in total. The molecule has 4 rings (SSSR count). The maximum atomic E-state index is 11.0. The highest BCUT2D eigenvalue weighted by molar-refractivity contribution is 5.83. The second kappa shape index (κ2) is 6.53.